The van der Waals surface area contributed by atoms with E-state index in [0.717, 1.165) is 4.90 Å². The van der Waals surface area contributed by atoms with E-state index in [2.05, 4.69) is 0 Å². The van der Waals surface area contributed by atoms with Gasteiger partial charge in [0.1, 0.15) is 0 Å². The molecule has 1 saturated heterocycles. The Balaban J connectivity index is 1.98. The molecule has 0 spiro atoms. The van der Waals surface area contributed by atoms with Crippen molar-refractivity contribution in [1.29, 1.82) is 0 Å². The molecule has 0 N–H and O–H groups in total. The lowest BCUT2D eigenvalue weighted by molar-refractivity contribution is -0.255. The fourth-order valence-corrected chi connectivity index (χ4v) is 2.83. The largest absolute Gasteiger partial charge is 0.545 e. The van der Waals surface area contributed by atoms with Gasteiger partial charge in [0.25, 0.3) is 0 Å². The summed E-state index contributed by atoms with van der Waals surface area (Å²) >= 11 is 0. The minimum absolute atomic E-state index is 0.0453. The Morgan fingerprint density at radius 2 is 1.70 bits per heavy atom. The predicted molar refractivity (Wildman–Crippen MR) is 68.6 cm³/mol. The molecule has 1 aromatic carbocycles. The van der Waals surface area contributed by atoms with Gasteiger partial charge in [0.2, 0.25) is 11.8 Å². The second-order valence-corrected chi connectivity index (χ2v) is 5.01. The van der Waals surface area contributed by atoms with Crippen LogP contribution in [0.2, 0.25) is 0 Å². The Morgan fingerprint density at radius 1 is 1.10 bits per heavy atom. The van der Waals surface area contributed by atoms with Crippen LogP contribution in [0.15, 0.2) is 36.4 Å². The van der Waals surface area contributed by atoms with Crippen LogP contribution in [-0.2, 0) is 9.59 Å². The summed E-state index contributed by atoms with van der Waals surface area (Å²) < 4.78 is 0. The van der Waals surface area contributed by atoms with Crippen LogP contribution in [0.1, 0.15) is 23.2 Å². The van der Waals surface area contributed by atoms with E-state index >= 15 is 0 Å². The third-order valence-electron chi connectivity index (χ3n) is 3.85. The molecule has 3 rings (SSSR count). The summed E-state index contributed by atoms with van der Waals surface area (Å²) in [5, 5.41) is 10.9. The van der Waals surface area contributed by atoms with Crippen molar-refractivity contribution in [3.05, 3.63) is 42.0 Å². The fourth-order valence-electron chi connectivity index (χ4n) is 2.83. The van der Waals surface area contributed by atoms with Crippen LogP contribution >= 0.6 is 0 Å². The van der Waals surface area contributed by atoms with E-state index in [1.807, 2.05) is 12.2 Å². The highest BCUT2D eigenvalue weighted by molar-refractivity contribution is 6.22. The van der Waals surface area contributed by atoms with Gasteiger partial charge in [-0.2, -0.15) is 0 Å². The monoisotopic (exact) mass is 270 g/mol. The lowest BCUT2D eigenvalue weighted by Gasteiger charge is -2.16. The van der Waals surface area contributed by atoms with Crippen LogP contribution in [-0.4, -0.2) is 17.8 Å². The molecule has 2 aliphatic rings. The number of imide groups is 1. The van der Waals surface area contributed by atoms with Gasteiger partial charge in [-0.1, -0.05) is 24.3 Å². The molecule has 2 amide bonds. The lowest BCUT2D eigenvalue weighted by Crippen LogP contribution is -2.31. The van der Waals surface area contributed by atoms with E-state index in [9.17, 15) is 19.5 Å². The van der Waals surface area contributed by atoms with Crippen molar-refractivity contribution in [1.82, 2.24) is 0 Å². The molecule has 1 aliphatic carbocycles. The number of carboxylic acid groups (broad SMARTS) is 1. The first-order valence-corrected chi connectivity index (χ1v) is 6.44. The number of nitrogens with zero attached hydrogens (tertiary/aromatic N) is 1. The van der Waals surface area contributed by atoms with Gasteiger partial charge in [-0.15, -0.1) is 0 Å². The number of carbonyl (C=O) groups is 3. The Bertz CT molecular complexity index is 609. The van der Waals surface area contributed by atoms with E-state index < -0.39 is 5.97 Å². The molecule has 1 heterocycles. The van der Waals surface area contributed by atoms with Crippen LogP contribution in [0, 0.1) is 11.8 Å². The van der Waals surface area contributed by atoms with E-state index in [4.69, 9.17) is 0 Å². The molecule has 2 atom stereocenters. The maximum atomic E-state index is 12.3. The van der Waals surface area contributed by atoms with Gasteiger partial charge in [-0.05, 0) is 30.5 Å². The van der Waals surface area contributed by atoms with Gasteiger partial charge in [-0.25, -0.2) is 0 Å². The van der Waals surface area contributed by atoms with Gasteiger partial charge >= 0.3 is 0 Å². The number of benzene rings is 1. The predicted octanol–water partition coefficient (Wildman–Crippen LogP) is 0.506. The zero-order valence-electron chi connectivity index (χ0n) is 10.6. The zero-order chi connectivity index (χ0) is 14.3. The molecule has 0 unspecified atom stereocenters. The molecule has 0 bridgehead atoms. The molecule has 0 aromatic heterocycles. The number of amides is 2. The van der Waals surface area contributed by atoms with Crippen LogP contribution in [0.4, 0.5) is 5.69 Å². The third kappa shape index (κ3) is 1.82. The van der Waals surface area contributed by atoms with Gasteiger partial charge in [-0.3, -0.25) is 14.5 Å². The Morgan fingerprint density at radius 3 is 2.25 bits per heavy atom. The second-order valence-electron chi connectivity index (χ2n) is 5.01. The molecule has 20 heavy (non-hydrogen) atoms. The number of hydrogen-bond donors (Lipinski definition) is 0. The molecular formula is C15H12NO4-. The standard InChI is InChI=1S/C15H13NO4/c17-13-11-6-1-2-7-12(11)14(18)16(13)10-5-3-4-9(8-10)15(19)20/h1-5,8,11-12H,6-7H2,(H,19,20)/p-1/t11-,12-/m0/s1. The molecule has 0 radical (unpaired) electrons. The first-order chi connectivity index (χ1) is 9.59. The van der Waals surface area contributed by atoms with Gasteiger partial charge in [0.15, 0.2) is 0 Å². The van der Waals surface area contributed by atoms with Crippen LogP contribution in [0.5, 0.6) is 0 Å². The van der Waals surface area contributed by atoms with Crippen molar-refractivity contribution in [3.8, 4) is 0 Å². The zero-order valence-corrected chi connectivity index (χ0v) is 10.6. The second kappa shape index (κ2) is 4.59. The summed E-state index contributed by atoms with van der Waals surface area (Å²) in [6, 6.07) is 5.74. The smallest absolute Gasteiger partial charge is 0.238 e. The maximum Gasteiger partial charge on any atom is 0.238 e. The van der Waals surface area contributed by atoms with Crippen molar-refractivity contribution < 1.29 is 19.5 Å². The highest BCUT2D eigenvalue weighted by Crippen LogP contribution is 2.37. The number of aromatic carboxylic acids is 1. The lowest BCUT2D eigenvalue weighted by atomic mass is 9.85. The van der Waals surface area contributed by atoms with E-state index in [0.29, 0.717) is 18.5 Å². The Kier molecular flexibility index (Phi) is 2.89. The van der Waals surface area contributed by atoms with Gasteiger partial charge < -0.3 is 9.90 Å². The quantitative estimate of drug-likeness (QED) is 0.579. The third-order valence-corrected chi connectivity index (χ3v) is 3.85. The average molecular weight is 270 g/mol. The van der Waals surface area contributed by atoms with E-state index in [-0.39, 0.29) is 29.2 Å². The number of allylic oxidation sites excluding steroid dienone is 2. The number of rotatable bonds is 2. The summed E-state index contributed by atoms with van der Waals surface area (Å²) in [6.07, 6.45) is 4.94. The van der Waals surface area contributed by atoms with Crippen LogP contribution in [0.25, 0.3) is 0 Å². The van der Waals surface area contributed by atoms with Gasteiger partial charge in [0, 0.05) is 0 Å². The van der Waals surface area contributed by atoms with Gasteiger partial charge in [0.05, 0.1) is 23.5 Å². The highest BCUT2D eigenvalue weighted by Gasteiger charge is 2.47. The number of carboxylic acids is 1. The minimum atomic E-state index is -1.33. The Hall–Kier alpha value is -2.43. The first-order valence-electron chi connectivity index (χ1n) is 6.44. The van der Waals surface area contributed by atoms with Crippen molar-refractivity contribution in [3.63, 3.8) is 0 Å². The summed E-state index contributed by atoms with van der Waals surface area (Å²) in [5.41, 5.74) is 0.257. The molecule has 1 aliphatic heterocycles. The van der Waals surface area contributed by atoms with E-state index in [1.54, 1.807) is 6.07 Å². The first kappa shape index (κ1) is 12.6. The molecule has 5 nitrogen and oxygen atoms in total. The number of carbonyl (C=O) groups excluding carboxylic acids is 3. The normalized spacial score (nSPS) is 24.9. The maximum absolute atomic E-state index is 12.3. The molecule has 1 aromatic rings. The van der Waals surface area contributed by atoms with Crippen molar-refractivity contribution in [2.45, 2.75) is 12.8 Å². The van der Waals surface area contributed by atoms with Crippen molar-refractivity contribution >= 4 is 23.5 Å². The van der Waals surface area contributed by atoms with Crippen molar-refractivity contribution in [2.75, 3.05) is 4.90 Å². The highest BCUT2D eigenvalue weighted by atomic mass is 16.4. The number of anilines is 1. The topological polar surface area (TPSA) is 77.5 Å². The molecule has 1 fully saturated rings. The summed E-state index contributed by atoms with van der Waals surface area (Å²) in [5.74, 6) is -2.47. The summed E-state index contributed by atoms with van der Waals surface area (Å²) in [6.45, 7) is 0. The fraction of sp³-hybridized carbons (Fsp3) is 0.267. The molecule has 102 valence electrons. The van der Waals surface area contributed by atoms with E-state index in [1.165, 1.54) is 18.2 Å². The summed E-state index contributed by atoms with van der Waals surface area (Å²) in [4.78, 5) is 36.7. The molecule has 5 heteroatoms. The molecular weight excluding hydrogens is 258 g/mol. The molecule has 0 saturated carbocycles. The number of fused-ring (bicyclic) bond motifs is 1. The average Bonchev–Trinajstić information content (AvgIpc) is 2.72. The summed E-state index contributed by atoms with van der Waals surface area (Å²) in [7, 11) is 0. The minimum Gasteiger partial charge on any atom is -0.545 e. The Labute approximate surface area is 115 Å². The van der Waals surface area contributed by atoms with Crippen LogP contribution in [0.3, 0.4) is 0 Å². The van der Waals surface area contributed by atoms with Crippen LogP contribution < -0.4 is 10.0 Å². The SMILES string of the molecule is O=C([O-])c1cccc(N2C(=O)[C@H]3CC=CC[C@@H]3C2=O)c1. The van der Waals surface area contributed by atoms with Crippen molar-refractivity contribution in [2.24, 2.45) is 11.8 Å². The number of hydrogen-bond acceptors (Lipinski definition) is 4.